The Morgan fingerprint density at radius 2 is 0.592 bits per heavy atom. The number of H-pyrrole nitrogens is 2. The van der Waals surface area contributed by atoms with Gasteiger partial charge in [-0.25, -0.2) is 9.97 Å². The van der Waals surface area contributed by atoms with E-state index in [1.807, 2.05) is 164 Å². The van der Waals surface area contributed by atoms with E-state index in [-0.39, 0.29) is 26.2 Å². The van der Waals surface area contributed by atoms with Crippen LogP contribution in [0.3, 0.4) is 0 Å². The number of fused-ring (bicyclic) bond motifs is 8. The molecule has 9 rings (SSSR count). The van der Waals surface area contributed by atoms with Crippen molar-refractivity contribution in [3.05, 3.63) is 217 Å². The van der Waals surface area contributed by atoms with Crippen LogP contribution in [-0.2, 0) is 26.2 Å². The first kappa shape index (κ1) is 36.2. The van der Waals surface area contributed by atoms with Gasteiger partial charge in [0.25, 0.3) is 0 Å². The van der Waals surface area contributed by atoms with Crippen molar-refractivity contribution in [1.29, 1.82) is 0 Å². The molecule has 2 aliphatic rings. The molecule has 49 heavy (non-hydrogen) atoms. The fourth-order valence-corrected chi connectivity index (χ4v) is 4.31. The maximum atomic E-state index is 4.62. The minimum absolute atomic E-state index is 0. The second-order valence-corrected chi connectivity index (χ2v) is 10.2. The van der Waals surface area contributed by atoms with Gasteiger partial charge in [-0.1, -0.05) is 0 Å². The van der Waals surface area contributed by atoms with Gasteiger partial charge in [-0.3, -0.25) is 0 Å². The van der Waals surface area contributed by atoms with Crippen molar-refractivity contribution in [3.63, 3.8) is 0 Å². The van der Waals surface area contributed by atoms with Crippen molar-refractivity contribution in [2.45, 2.75) is 0 Å². The number of rotatable bonds is 0. The maximum absolute atomic E-state index is 4.62. The second kappa shape index (κ2) is 21.3. The molecule has 2 N–H and O–H groups in total. The molecule has 5 heterocycles. The molecule has 8 bridgehead atoms. The third-order valence-corrected chi connectivity index (χ3v) is 6.47. The summed E-state index contributed by atoms with van der Waals surface area (Å²) in [5, 5.41) is 0. The molecule has 4 aromatic carbocycles. The van der Waals surface area contributed by atoms with Gasteiger partial charge in [-0.2, -0.15) is 146 Å². The average molecular weight is 710 g/mol. The Kier molecular flexibility index (Phi) is 15.7. The number of benzene rings is 4. The number of nitrogens with zero attached hydrogens (tertiary/aromatic N) is 2. The topological polar surface area (TPSA) is 57.4 Å². The van der Waals surface area contributed by atoms with Crippen molar-refractivity contribution in [2.75, 3.05) is 0 Å². The molecule has 0 saturated carbocycles. The van der Waals surface area contributed by atoms with E-state index in [9.17, 15) is 0 Å². The van der Waals surface area contributed by atoms with E-state index in [0.29, 0.717) is 0 Å². The van der Waals surface area contributed by atoms with Gasteiger partial charge in [0.15, 0.2) is 0 Å². The molecule has 0 saturated heterocycles. The summed E-state index contributed by atoms with van der Waals surface area (Å²) >= 11 is 0. The van der Waals surface area contributed by atoms with Gasteiger partial charge >= 0.3 is 26.2 Å². The van der Waals surface area contributed by atoms with E-state index < -0.39 is 0 Å². The van der Waals surface area contributed by atoms with Crippen molar-refractivity contribution in [1.82, 2.24) is 19.9 Å². The van der Waals surface area contributed by atoms with Crippen molar-refractivity contribution < 1.29 is 26.2 Å². The average Bonchev–Trinajstić information content (AvgIpc) is 4.00. The van der Waals surface area contributed by atoms with Crippen LogP contribution < -0.4 is 0 Å². The Morgan fingerprint density at radius 3 is 0.837 bits per heavy atom. The molecule has 0 radical (unpaired) electrons. The minimum Gasteiger partial charge on any atom is -0.355 e. The first-order valence-corrected chi connectivity index (χ1v) is 15.5. The zero-order chi connectivity index (χ0) is 32.9. The number of hydrogen-bond donors (Lipinski definition) is 2. The predicted octanol–water partition coefficient (Wildman–Crippen LogP) is 10.6. The Balaban J connectivity index is 0.000000175. The van der Waals surface area contributed by atoms with Crippen LogP contribution in [0.15, 0.2) is 170 Å². The molecule has 4 nitrogen and oxygen atoms in total. The molecule has 0 unspecified atom stereocenters. The summed E-state index contributed by atoms with van der Waals surface area (Å²) < 4.78 is 0. The van der Waals surface area contributed by atoms with E-state index in [0.717, 1.165) is 44.8 Å². The molecule has 0 fully saturated rings. The van der Waals surface area contributed by atoms with Crippen molar-refractivity contribution >= 4 is 46.4 Å². The number of hydrogen-bond acceptors (Lipinski definition) is 2. The zero-order valence-electron chi connectivity index (χ0n) is 26.9. The van der Waals surface area contributed by atoms with E-state index in [4.69, 9.17) is 0 Å². The summed E-state index contributed by atoms with van der Waals surface area (Å²) in [4.78, 5) is 16.0. The summed E-state index contributed by atoms with van der Waals surface area (Å²) in [6.07, 6.45) is 8.05. The van der Waals surface area contributed by atoms with E-state index in [2.05, 4.69) is 74.5 Å². The van der Waals surface area contributed by atoms with Crippen LogP contribution in [0.5, 0.6) is 0 Å². The molecule has 5 heteroatoms. The molecule has 0 atom stereocenters. The standard InChI is InChI=1S/C20H14N4.4C6H5.Zr/c1-2-14-10-16-5-6-18(23-16)12-20-8-7-19(24-20)11-17-4-3-15(22-17)9-13(1)21-14;4*1-2-4-6-5-3-1;/h1-12,21-22H;4*1-5H;/q;4*-1;+4. The fourth-order valence-electron chi connectivity index (χ4n) is 4.31. The smallest absolute Gasteiger partial charge is 0.355 e. The molecular weight excluding hydrogens is 676 g/mol. The van der Waals surface area contributed by atoms with Crippen LogP contribution >= 0.6 is 0 Å². The Hall–Kier alpha value is -5.64. The number of aromatic nitrogens is 4. The molecule has 0 spiro atoms. The summed E-state index contributed by atoms with van der Waals surface area (Å²) in [6.45, 7) is 0. The Bertz CT molecular complexity index is 1800. The summed E-state index contributed by atoms with van der Waals surface area (Å²) in [5.41, 5.74) is 7.86. The first-order valence-electron chi connectivity index (χ1n) is 15.5. The predicted molar refractivity (Wildman–Crippen MR) is 200 cm³/mol. The maximum Gasteiger partial charge on any atom is 4.00 e. The SMILES string of the molecule is C1=Cc2cc3ccc(cc4ccc(cc5nc(cc1n2)C=C5)[nH]4)[nH]3.[Zr+4].[c-]1ccccc1.[c-]1ccccc1.[c-]1ccccc1.[c-]1ccccc1. The molecule has 7 aromatic rings. The molecule has 3 aromatic heterocycles. The van der Waals surface area contributed by atoms with E-state index in [1.165, 1.54) is 0 Å². The van der Waals surface area contributed by atoms with E-state index >= 15 is 0 Å². The van der Waals surface area contributed by atoms with Gasteiger partial charge in [0, 0.05) is 22.1 Å². The van der Waals surface area contributed by atoms with Crippen molar-refractivity contribution in [3.8, 4) is 0 Å². The number of nitrogens with one attached hydrogen (secondary N) is 2. The second-order valence-electron chi connectivity index (χ2n) is 10.2. The van der Waals surface area contributed by atoms with Gasteiger partial charge in [-0.05, 0) is 72.8 Å². The minimum atomic E-state index is 0. The fraction of sp³-hybridized carbons (Fsp3) is 0. The molecular formula is C44H34N4Zr. The van der Waals surface area contributed by atoms with Crippen LogP contribution in [0.2, 0.25) is 0 Å². The quantitative estimate of drug-likeness (QED) is 0.154. The normalized spacial score (nSPS) is 10.1. The summed E-state index contributed by atoms with van der Waals surface area (Å²) in [7, 11) is 0. The molecule has 234 valence electrons. The van der Waals surface area contributed by atoms with Crippen molar-refractivity contribution in [2.24, 2.45) is 0 Å². The third-order valence-electron chi connectivity index (χ3n) is 6.47. The molecule has 0 amide bonds. The third kappa shape index (κ3) is 13.9. The molecule has 0 aliphatic carbocycles. The van der Waals surface area contributed by atoms with Gasteiger partial charge in [-0.15, -0.1) is 0 Å². The van der Waals surface area contributed by atoms with Crippen LogP contribution in [0.4, 0.5) is 0 Å². The largest absolute Gasteiger partial charge is 4.00 e. The Labute approximate surface area is 307 Å². The number of aromatic amines is 2. The van der Waals surface area contributed by atoms with Gasteiger partial charge in [0.05, 0.1) is 22.8 Å². The van der Waals surface area contributed by atoms with Gasteiger partial charge in [0.2, 0.25) is 0 Å². The summed E-state index contributed by atoms with van der Waals surface area (Å²) in [5.74, 6) is 0. The van der Waals surface area contributed by atoms with Crippen LogP contribution in [0.25, 0.3) is 46.4 Å². The van der Waals surface area contributed by atoms with Crippen LogP contribution in [0, 0.1) is 24.3 Å². The van der Waals surface area contributed by atoms with Gasteiger partial charge < -0.3 is 9.97 Å². The van der Waals surface area contributed by atoms with Crippen LogP contribution in [0.1, 0.15) is 22.8 Å². The first-order chi connectivity index (χ1) is 23.8. The van der Waals surface area contributed by atoms with E-state index in [1.54, 1.807) is 0 Å². The zero-order valence-corrected chi connectivity index (χ0v) is 29.3. The van der Waals surface area contributed by atoms with Crippen LogP contribution in [-0.4, -0.2) is 19.9 Å². The Morgan fingerprint density at radius 1 is 0.327 bits per heavy atom. The van der Waals surface area contributed by atoms with Gasteiger partial charge in [0.1, 0.15) is 0 Å². The monoisotopic (exact) mass is 708 g/mol. The molecule has 2 aliphatic heterocycles. The summed E-state index contributed by atoms with van der Waals surface area (Å²) in [6, 6.07) is 66.4.